The zero-order valence-electron chi connectivity index (χ0n) is 11.7. The van der Waals surface area contributed by atoms with E-state index in [2.05, 4.69) is 9.38 Å². The molecule has 0 N–H and O–H groups in total. The van der Waals surface area contributed by atoms with Gasteiger partial charge in [0.2, 0.25) is 5.95 Å². The maximum Gasteiger partial charge on any atom is 0.217 e. The maximum absolute atomic E-state index is 13.9. The molecule has 19 heavy (non-hydrogen) atoms. The topological polar surface area (TPSA) is 48.3 Å². The minimum atomic E-state index is -1.35. The largest absolute Gasteiger partial charge is 0.591 e. The van der Waals surface area contributed by atoms with Crippen molar-refractivity contribution in [3.8, 4) is 0 Å². The summed E-state index contributed by atoms with van der Waals surface area (Å²) in [6.45, 7) is 7.55. The third-order valence-electron chi connectivity index (χ3n) is 3.33. The molecule has 3 nitrogen and oxygen atoms in total. The Bertz CT molecular complexity index is 507. The van der Waals surface area contributed by atoms with Crippen LogP contribution in [0, 0.1) is 5.95 Å². The standard InChI is InChI=1S/C14H19FN2OS/c1-13(2,3)19(18)16-9-10-5-6-11(12(15)17-10)14(4)7-8-14/h5-6,9H,7-8H2,1-4H3. The van der Waals surface area contributed by atoms with Crippen molar-refractivity contribution in [2.75, 3.05) is 0 Å². The Morgan fingerprint density at radius 2 is 2.05 bits per heavy atom. The number of hydrogen-bond acceptors (Lipinski definition) is 3. The van der Waals surface area contributed by atoms with Gasteiger partial charge in [-0.3, -0.25) is 0 Å². The van der Waals surface area contributed by atoms with Crippen LogP contribution in [0.3, 0.4) is 0 Å². The molecule has 0 saturated heterocycles. The van der Waals surface area contributed by atoms with E-state index < -0.39 is 22.1 Å². The summed E-state index contributed by atoms with van der Waals surface area (Å²) in [4.78, 5) is 3.88. The minimum Gasteiger partial charge on any atom is -0.591 e. The summed E-state index contributed by atoms with van der Waals surface area (Å²) in [6, 6.07) is 3.49. The summed E-state index contributed by atoms with van der Waals surface area (Å²) in [5, 5.41) is 0. The fraction of sp³-hybridized carbons (Fsp3) is 0.571. The van der Waals surface area contributed by atoms with Gasteiger partial charge in [0, 0.05) is 5.56 Å². The highest BCUT2D eigenvalue weighted by molar-refractivity contribution is 7.91. The lowest BCUT2D eigenvalue weighted by Gasteiger charge is -2.17. The third kappa shape index (κ3) is 3.34. The van der Waals surface area contributed by atoms with Gasteiger partial charge >= 0.3 is 0 Å². The van der Waals surface area contributed by atoms with Gasteiger partial charge in [-0.2, -0.15) is 4.39 Å². The monoisotopic (exact) mass is 282 g/mol. The van der Waals surface area contributed by atoms with Crippen LogP contribution in [-0.4, -0.2) is 20.5 Å². The molecule has 0 bridgehead atoms. The highest BCUT2D eigenvalue weighted by Gasteiger charge is 2.41. The maximum atomic E-state index is 13.9. The molecule has 1 aromatic heterocycles. The van der Waals surface area contributed by atoms with Crippen LogP contribution in [0.15, 0.2) is 16.5 Å². The van der Waals surface area contributed by atoms with Crippen LogP contribution in [0.25, 0.3) is 0 Å². The van der Waals surface area contributed by atoms with Gasteiger partial charge in [-0.05, 0) is 45.1 Å². The molecule has 0 aliphatic heterocycles. The van der Waals surface area contributed by atoms with Crippen molar-refractivity contribution in [3.05, 3.63) is 29.3 Å². The summed E-state index contributed by atoms with van der Waals surface area (Å²) in [6.07, 6.45) is 3.39. The second kappa shape index (κ2) is 4.87. The number of aromatic nitrogens is 1. The van der Waals surface area contributed by atoms with E-state index in [1.165, 1.54) is 6.21 Å². The second-order valence-electron chi connectivity index (χ2n) is 6.23. The van der Waals surface area contributed by atoms with E-state index in [4.69, 9.17) is 0 Å². The van der Waals surface area contributed by atoms with Crippen LogP contribution < -0.4 is 0 Å². The van der Waals surface area contributed by atoms with Crippen molar-refractivity contribution in [3.63, 3.8) is 0 Å². The number of pyridine rings is 1. The van der Waals surface area contributed by atoms with Gasteiger partial charge in [-0.15, -0.1) is 0 Å². The molecule has 1 atom stereocenters. The summed E-state index contributed by atoms with van der Waals surface area (Å²) in [5.74, 6) is -0.439. The van der Waals surface area contributed by atoms with Crippen LogP contribution in [0.5, 0.6) is 0 Å². The number of rotatable bonds is 3. The van der Waals surface area contributed by atoms with Crippen molar-refractivity contribution in [1.82, 2.24) is 4.98 Å². The average Bonchev–Trinajstić information content (AvgIpc) is 3.03. The molecule has 104 valence electrons. The fourth-order valence-corrected chi connectivity index (χ4v) is 2.21. The van der Waals surface area contributed by atoms with Crippen LogP contribution in [0.2, 0.25) is 0 Å². The fourth-order valence-electron chi connectivity index (χ4n) is 1.69. The Kier molecular flexibility index (Phi) is 3.71. The highest BCUT2D eigenvalue weighted by Crippen LogP contribution is 2.48. The molecular formula is C14H19FN2OS. The van der Waals surface area contributed by atoms with Crippen LogP contribution in [0.4, 0.5) is 4.39 Å². The summed E-state index contributed by atoms with van der Waals surface area (Å²) >= 11 is -1.35. The summed E-state index contributed by atoms with van der Waals surface area (Å²) in [5.41, 5.74) is 1.03. The molecule has 0 radical (unpaired) electrons. The van der Waals surface area contributed by atoms with E-state index in [1.807, 2.05) is 27.7 Å². The normalized spacial score (nSPS) is 19.7. The lowest BCUT2D eigenvalue weighted by Crippen LogP contribution is -2.25. The van der Waals surface area contributed by atoms with Crippen molar-refractivity contribution in [1.29, 1.82) is 0 Å². The summed E-state index contributed by atoms with van der Waals surface area (Å²) in [7, 11) is 0. The average molecular weight is 282 g/mol. The molecule has 0 amide bonds. The molecule has 1 saturated carbocycles. The van der Waals surface area contributed by atoms with E-state index in [9.17, 15) is 8.94 Å². The predicted molar refractivity (Wildman–Crippen MR) is 76.3 cm³/mol. The molecule has 1 aliphatic rings. The van der Waals surface area contributed by atoms with Gasteiger partial charge in [0.15, 0.2) is 0 Å². The first-order valence-corrected chi connectivity index (χ1v) is 7.46. The van der Waals surface area contributed by atoms with Crippen molar-refractivity contribution in [2.24, 2.45) is 4.40 Å². The van der Waals surface area contributed by atoms with Crippen molar-refractivity contribution in [2.45, 2.75) is 50.7 Å². The van der Waals surface area contributed by atoms with Crippen LogP contribution in [-0.2, 0) is 16.8 Å². The first kappa shape index (κ1) is 14.5. The number of halogens is 1. The van der Waals surface area contributed by atoms with Gasteiger partial charge in [-0.25, -0.2) is 4.98 Å². The van der Waals surface area contributed by atoms with E-state index in [0.717, 1.165) is 12.8 Å². The van der Waals surface area contributed by atoms with E-state index >= 15 is 0 Å². The molecule has 1 heterocycles. The Balaban J connectivity index is 2.15. The van der Waals surface area contributed by atoms with Gasteiger partial charge < -0.3 is 4.55 Å². The van der Waals surface area contributed by atoms with Crippen molar-refractivity contribution >= 4 is 17.6 Å². The second-order valence-corrected chi connectivity index (χ2v) is 8.17. The molecule has 1 aromatic rings. The molecule has 2 rings (SSSR count). The van der Waals surface area contributed by atoms with Gasteiger partial charge in [-0.1, -0.05) is 17.4 Å². The Labute approximate surface area is 116 Å². The van der Waals surface area contributed by atoms with E-state index in [0.29, 0.717) is 11.3 Å². The molecule has 0 aromatic carbocycles. The zero-order chi connectivity index (χ0) is 14.3. The van der Waals surface area contributed by atoms with E-state index in [-0.39, 0.29) is 5.41 Å². The number of nitrogens with zero attached hydrogens (tertiary/aromatic N) is 2. The van der Waals surface area contributed by atoms with Gasteiger partial charge in [0.1, 0.15) is 22.3 Å². The summed E-state index contributed by atoms with van der Waals surface area (Å²) < 4.78 is 29.2. The van der Waals surface area contributed by atoms with Crippen LogP contribution >= 0.6 is 0 Å². The first-order chi connectivity index (χ1) is 8.72. The minimum absolute atomic E-state index is 0.0407. The Morgan fingerprint density at radius 3 is 2.53 bits per heavy atom. The quantitative estimate of drug-likeness (QED) is 0.486. The third-order valence-corrected chi connectivity index (χ3v) is 4.67. The lowest BCUT2D eigenvalue weighted by molar-refractivity contribution is 0.546. The number of hydrogen-bond donors (Lipinski definition) is 0. The van der Waals surface area contributed by atoms with Gasteiger partial charge in [0.25, 0.3) is 0 Å². The molecule has 1 aliphatic carbocycles. The van der Waals surface area contributed by atoms with Gasteiger partial charge in [0.05, 0.1) is 5.69 Å². The Hall–Kier alpha value is -0.940. The highest BCUT2D eigenvalue weighted by atomic mass is 32.2. The zero-order valence-corrected chi connectivity index (χ0v) is 12.6. The van der Waals surface area contributed by atoms with Crippen molar-refractivity contribution < 1.29 is 8.94 Å². The molecule has 0 spiro atoms. The lowest BCUT2D eigenvalue weighted by atomic mass is 10.00. The smallest absolute Gasteiger partial charge is 0.217 e. The first-order valence-electron chi connectivity index (χ1n) is 6.35. The van der Waals surface area contributed by atoms with E-state index in [1.54, 1.807) is 12.1 Å². The molecule has 5 heteroatoms. The SMILES string of the molecule is CC1(c2ccc(C=N[S+]([O-])C(C)(C)C)nc2F)CC1. The Morgan fingerprint density at radius 1 is 1.42 bits per heavy atom. The predicted octanol–water partition coefficient (Wildman–Crippen LogP) is 3.15. The molecular weight excluding hydrogens is 263 g/mol. The van der Waals surface area contributed by atoms with Crippen LogP contribution in [0.1, 0.15) is 51.8 Å². The molecule has 1 fully saturated rings. The molecule has 1 unspecified atom stereocenters.